The summed E-state index contributed by atoms with van der Waals surface area (Å²) < 4.78 is 0. The van der Waals surface area contributed by atoms with Crippen molar-refractivity contribution < 1.29 is 0 Å². The molecular weight excluding hydrogens is 91.0 g/mol. The summed E-state index contributed by atoms with van der Waals surface area (Å²) >= 11 is 0. The molecule has 1 heteroatoms. The van der Waals surface area contributed by atoms with Crippen molar-refractivity contribution in [1.29, 1.82) is 0 Å². The molecule has 1 unspecified atom stereocenters. The fraction of sp³-hybridized carbons (Fsp3) is 1.00. The first-order valence-electron chi connectivity index (χ1n) is 2.26. The van der Waals surface area contributed by atoms with E-state index >= 15 is 0 Å². The minimum Gasteiger partial charge on any atom is -0.137 e. The summed E-state index contributed by atoms with van der Waals surface area (Å²) in [5, 5.41) is 0. The summed E-state index contributed by atoms with van der Waals surface area (Å²) in [5.41, 5.74) is 0.505. The summed E-state index contributed by atoms with van der Waals surface area (Å²) in [7, 11) is 2.72. The van der Waals surface area contributed by atoms with Gasteiger partial charge in [0, 0.05) is 0 Å². The van der Waals surface area contributed by atoms with Crippen molar-refractivity contribution in [3.63, 3.8) is 0 Å². The van der Waals surface area contributed by atoms with E-state index in [1.165, 1.54) is 6.16 Å². The second-order valence-corrected chi connectivity index (χ2v) is 3.17. The van der Waals surface area contributed by atoms with Crippen LogP contribution < -0.4 is 0 Å². The smallest absolute Gasteiger partial charge is 0.0332 e. The molecule has 0 heterocycles. The van der Waals surface area contributed by atoms with Crippen LogP contribution in [0.3, 0.4) is 0 Å². The topological polar surface area (TPSA) is 0 Å². The number of hydrogen-bond donors (Lipinski definition) is 0. The maximum atomic E-state index is 2.72. The number of rotatable bonds is 0. The fourth-order valence-corrected chi connectivity index (χ4v) is 0. The van der Waals surface area contributed by atoms with Crippen molar-refractivity contribution in [1.82, 2.24) is 0 Å². The van der Waals surface area contributed by atoms with Gasteiger partial charge >= 0.3 is 0 Å². The predicted octanol–water partition coefficient (Wildman–Crippen LogP) is 1.91. The van der Waals surface area contributed by atoms with Crippen molar-refractivity contribution in [3.05, 3.63) is 0 Å². The van der Waals surface area contributed by atoms with E-state index < -0.39 is 0 Å². The van der Waals surface area contributed by atoms with E-state index in [9.17, 15) is 0 Å². The minimum absolute atomic E-state index is 0.505. The Balaban J connectivity index is 3.17. The maximum absolute atomic E-state index is 2.72. The van der Waals surface area contributed by atoms with E-state index in [-0.39, 0.29) is 0 Å². The molecule has 0 spiro atoms. The zero-order valence-electron chi connectivity index (χ0n) is 4.78. The van der Waals surface area contributed by atoms with Crippen LogP contribution in [-0.2, 0) is 0 Å². The van der Waals surface area contributed by atoms with Gasteiger partial charge in [-0.25, -0.2) is 0 Å². The van der Waals surface area contributed by atoms with Gasteiger partial charge in [0.05, 0.1) is 0 Å². The van der Waals surface area contributed by atoms with Crippen LogP contribution in [0.15, 0.2) is 0 Å². The van der Waals surface area contributed by atoms with Crippen molar-refractivity contribution in [2.24, 2.45) is 5.41 Å². The highest BCUT2D eigenvalue weighted by Gasteiger charge is 2.03. The van der Waals surface area contributed by atoms with Crippen LogP contribution in [-0.4, -0.2) is 6.16 Å². The van der Waals surface area contributed by atoms with Crippen LogP contribution >= 0.6 is 9.24 Å². The highest BCUT2D eigenvalue weighted by molar-refractivity contribution is 7.16. The van der Waals surface area contributed by atoms with E-state index in [0.29, 0.717) is 5.41 Å². The van der Waals surface area contributed by atoms with Gasteiger partial charge in [-0.05, 0) is 11.6 Å². The maximum Gasteiger partial charge on any atom is -0.0332 e. The van der Waals surface area contributed by atoms with Gasteiger partial charge in [-0.3, -0.25) is 0 Å². The standard InChI is InChI=1S/C5H13P/c1-5(2,3)4-6/h4,6H2,1-3H3. The zero-order valence-corrected chi connectivity index (χ0v) is 5.94. The molecule has 0 aliphatic heterocycles. The lowest BCUT2D eigenvalue weighted by Crippen LogP contribution is -2.04. The van der Waals surface area contributed by atoms with E-state index in [4.69, 9.17) is 0 Å². The van der Waals surface area contributed by atoms with Crippen molar-refractivity contribution in [3.8, 4) is 0 Å². The van der Waals surface area contributed by atoms with Crippen LogP contribution in [0.5, 0.6) is 0 Å². The lowest BCUT2D eigenvalue weighted by Gasteiger charge is -2.12. The molecular formula is C5H13P. The molecule has 0 saturated heterocycles. The Morgan fingerprint density at radius 1 is 1.33 bits per heavy atom. The summed E-state index contributed by atoms with van der Waals surface area (Å²) in [4.78, 5) is 0. The molecule has 0 bridgehead atoms. The summed E-state index contributed by atoms with van der Waals surface area (Å²) in [6, 6.07) is 0. The average Bonchev–Trinajstić information content (AvgIpc) is 1.35. The largest absolute Gasteiger partial charge is 0.137 e. The molecule has 0 saturated carbocycles. The first-order chi connectivity index (χ1) is 2.56. The molecule has 0 N–H and O–H groups in total. The van der Waals surface area contributed by atoms with Gasteiger partial charge in [-0.15, -0.1) is 9.24 Å². The highest BCUT2D eigenvalue weighted by Crippen LogP contribution is 2.14. The van der Waals surface area contributed by atoms with Crippen LogP contribution in [0.25, 0.3) is 0 Å². The van der Waals surface area contributed by atoms with Crippen LogP contribution in [0.1, 0.15) is 20.8 Å². The van der Waals surface area contributed by atoms with Gasteiger partial charge in [0.15, 0.2) is 0 Å². The molecule has 0 radical (unpaired) electrons. The molecule has 0 aromatic carbocycles. The van der Waals surface area contributed by atoms with Gasteiger partial charge in [-0.2, -0.15) is 0 Å². The predicted molar refractivity (Wildman–Crippen MR) is 34.0 cm³/mol. The fourth-order valence-electron chi connectivity index (χ4n) is 0. The molecule has 6 heavy (non-hydrogen) atoms. The van der Waals surface area contributed by atoms with Crippen molar-refractivity contribution in [2.75, 3.05) is 6.16 Å². The zero-order chi connectivity index (χ0) is 5.21. The molecule has 0 aromatic rings. The molecule has 0 amide bonds. The van der Waals surface area contributed by atoms with Gasteiger partial charge < -0.3 is 0 Å². The molecule has 0 nitrogen and oxygen atoms in total. The molecule has 0 fully saturated rings. The third kappa shape index (κ3) is 4.43. The second kappa shape index (κ2) is 1.93. The minimum atomic E-state index is 0.505. The average molecular weight is 104 g/mol. The van der Waals surface area contributed by atoms with E-state index in [0.717, 1.165) is 0 Å². The molecule has 0 aromatic heterocycles. The summed E-state index contributed by atoms with van der Waals surface area (Å²) in [6.45, 7) is 6.67. The normalized spacial score (nSPS) is 12.0. The molecule has 1 atom stereocenters. The van der Waals surface area contributed by atoms with Crippen molar-refractivity contribution >= 4 is 9.24 Å². The third-order valence-corrected chi connectivity index (χ3v) is 1.84. The van der Waals surface area contributed by atoms with Crippen LogP contribution in [0, 0.1) is 5.41 Å². The Hall–Kier alpha value is 0.430. The highest BCUT2D eigenvalue weighted by atomic mass is 31.0. The Bertz CT molecular complexity index is 33.7. The van der Waals surface area contributed by atoms with E-state index in [2.05, 4.69) is 30.0 Å². The Labute approximate surface area is 42.5 Å². The van der Waals surface area contributed by atoms with E-state index in [1.54, 1.807) is 0 Å². The first-order valence-corrected chi connectivity index (χ1v) is 3.08. The van der Waals surface area contributed by atoms with Crippen molar-refractivity contribution in [2.45, 2.75) is 20.8 Å². The number of hydrogen-bond acceptors (Lipinski definition) is 0. The summed E-state index contributed by atoms with van der Waals surface area (Å²) in [6.07, 6.45) is 1.19. The Morgan fingerprint density at radius 3 is 1.50 bits per heavy atom. The van der Waals surface area contributed by atoms with E-state index in [1.807, 2.05) is 0 Å². The van der Waals surface area contributed by atoms with Crippen LogP contribution in [0.4, 0.5) is 0 Å². The Morgan fingerprint density at radius 2 is 1.50 bits per heavy atom. The molecule has 38 valence electrons. The third-order valence-electron chi connectivity index (χ3n) is 0.612. The monoisotopic (exact) mass is 104 g/mol. The SMILES string of the molecule is CC(C)(C)CP. The van der Waals surface area contributed by atoms with Gasteiger partial charge in [0.1, 0.15) is 0 Å². The molecule has 0 aliphatic rings. The molecule has 0 aliphatic carbocycles. The lowest BCUT2D eigenvalue weighted by atomic mass is 10.0. The van der Waals surface area contributed by atoms with Gasteiger partial charge in [0.25, 0.3) is 0 Å². The lowest BCUT2D eigenvalue weighted by molar-refractivity contribution is 0.480. The Kier molecular flexibility index (Phi) is 2.07. The quantitative estimate of drug-likeness (QED) is 0.412. The molecule has 0 rings (SSSR count). The first kappa shape index (κ1) is 6.43. The van der Waals surface area contributed by atoms with Gasteiger partial charge in [0.2, 0.25) is 0 Å². The van der Waals surface area contributed by atoms with Crippen LogP contribution in [0.2, 0.25) is 0 Å². The summed E-state index contributed by atoms with van der Waals surface area (Å²) in [5.74, 6) is 0. The van der Waals surface area contributed by atoms with Gasteiger partial charge in [-0.1, -0.05) is 20.8 Å². The second-order valence-electron chi connectivity index (χ2n) is 2.76.